The molecule has 112 valence electrons. The Labute approximate surface area is 124 Å². The van der Waals surface area contributed by atoms with Gasteiger partial charge in [-0.1, -0.05) is 31.5 Å². The summed E-state index contributed by atoms with van der Waals surface area (Å²) in [7, 11) is 0. The van der Waals surface area contributed by atoms with Crippen molar-refractivity contribution in [3.63, 3.8) is 0 Å². The topological polar surface area (TPSA) is 55.1 Å². The fraction of sp³-hybridized carbons (Fsp3) is 0.533. The molecular formula is C15H22ClFN2O. The largest absolute Gasteiger partial charge is 0.352 e. The second-order valence-corrected chi connectivity index (χ2v) is 5.87. The van der Waals surface area contributed by atoms with Gasteiger partial charge in [0, 0.05) is 13.0 Å². The number of benzene rings is 1. The number of hydrogen-bond acceptors (Lipinski definition) is 2. The molecule has 0 unspecified atom stereocenters. The summed E-state index contributed by atoms with van der Waals surface area (Å²) in [5.74, 6) is 0.225. The standard InChI is InChI=1S/C15H22ClFN2O/c1-10(2)5-12(8-18)7-15(20)19-9-11-3-4-14(17)13(16)6-11/h3-4,6,10,12H,5,7-9,18H2,1-2H3,(H,19,20)/t12-/m0/s1. The van der Waals surface area contributed by atoms with Gasteiger partial charge in [0.15, 0.2) is 0 Å². The van der Waals surface area contributed by atoms with Gasteiger partial charge in [-0.3, -0.25) is 4.79 Å². The van der Waals surface area contributed by atoms with Gasteiger partial charge in [0.1, 0.15) is 5.82 Å². The predicted octanol–water partition coefficient (Wildman–Crippen LogP) is 3.11. The zero-order chi connectivity index (χ0) is 15.1. The first kappa shape index (κ1) is 16.9. The van der Waals surface area contributed by atoms with Crippen LogP contribution in [0.2, 0.25) is 5.02 Å². The van der Waals surface area contributed by atoms with Crippen LogP contribution in [0.4, 0.5) is 4.39 Å². The number of amides is 1. The average Bonchev–Trinajstić information content (AvgIpc) is 2.39. The van der Waals surface area contributed by atoms with Gasteiger partial charge in [-0.25, -0.2) is 4.39 Å². The quantitative estimate of drug-likeness (QED) is 0.813. The third kappa shape index (κ3) is 5.88. The van der Waals surface area contributed by atoms with Crippen LogP contribution in [0.1, 0.15) is 32.3 Å². The Morgan fingerprint density at radius 3 is 2.70 bits per heavy atom. The molecule has 0 heterocycles. The van der Waals surface area contributed by atoms with Crippen molar-refractivity contribution in [2.75, 3.05) is 6.54 Å². The number of halogens is 2. The summed E-state index contributed by atoms with van der Waals surface area (Å²) in [5.41, 5.74) is 6.45. The zero-order valence-electron chi connectivity index (χ0n) is 12.0. The van der Waals surface area contributed by atoms with Crippen LogP contribution in [0.5, 0.6) is 0 Å². The van der Waals surface area contributed by atoms with Crippen molar-refractivity contribution in [2.45, 2.75) is 33.2 Å². The second-order valence-electron chi connectivity index (χ2n) is 5.46. The number of nitrogens with two attached hydrogens (primary N) is 1. The molecule has 1 amide bonds. The minimum Gasteiger partial charge on any atom is -0.352 e. The molecule has 0 aliphatic carbocycles. The van der Waals surface area contributed by atoms with E-state index in [4.69, 9.17) is 17.3 Å². The van der Waals surface area contributed by atoms with Crippen molar-refractivity contribution in [3.05, 3.63) is 34.6 Å². The summed E-state index contributed by atoms with van der Waals surface area (Å²) in [6.07, 6.45) is 1.36. The molecule has 0 saturated heterocycles. The van der Waals surface area contributed by atoms with Gasteiger partial charge in [0.25, 0.3) is 0 Å². The van der Waals surface area contributed by atoms with Crippen molar-refractivity contribution >= 4 is 17.5 Å². The van der Waals surface area contributed by atoms with Crippen molar-refractivity contribution in [1.82, 2.24) is 5.32 Å². The molecule has 0 radical (unpaired) electrons. The summed E-state index contributed by atoms with van der Waals surface area (Å²) in [6, 6.07) is 4.42. The van der Waals surface area contributed by atoms with E-state index in [9.17, 15) is 9.18 Å². The Bertz CT molecular complexity index is 451. The highest BCUT2D eigenvalue weighted by molar-refractivity contribution is 6.30. The molecule has 0 bridgehead atoms. The normalized spacial score (nSPS) is 12.5. The Kier molecular flexibility index (Phi) is 6.96. The van der Waals surface area contributed by atoms with Crippen LogP contribution in [0.25, 0.3) is 0 Å². The summed E-state index contributed by atoms with van der Waals surface area (Å²) < 4.78 is 13.0. The number of carbonyl (C=O) groups excluding carboxylic acids is 1. The highest BCUT2D eigenvalue weighted by Gasteiger charge is 2.14. The molecule has 0 saturated carbocycles. The molecular weight excluding hydrogens is 279 g/mol. The SMILES string of the molecule is CC(C)C[C@H](CN)CC(=O)NCc1ccc(F)c(Cl)c1. The van der Waals surface area contributed by atoms with Gasteiger partial charge in [0.05, 0.1) is 5.02 Å². The summed E-state index contributed by atoms with van der Waals surface area (Å²) >= 11 is 5.69. The molecule has 0 aliphatic heterocycles. The molecule has 0 aromatic heterocycles. The van der Waals surface area contributed by atoms with Gasteiger partial charge in [-0.2, -0.15) is 0 Å². The molecule has 1 atom stereocenters. The fourth-order valence-electron chi connectivity index (χ4n) is 2.11. The van der Waals surface area contributed by atoms with E-state index in [2.05, 4.69) is 19.2 Å². The molecule has 1 aromatic rings. The van der Waals surface area contributed by atoms with Gasteiger partial charge in [0.2, 0.25) is 5.91 Å². The van der Waals surface area contributed by atoms with Gasteiger partial charge in [-0.15, -0.1) is 0 Å². The fourth-order valence-corrected chi connectivity index (χ4v) is 2.32. The Hall–Kier alpha value is -1.13. The van der Waals surface area contributed by atoms with Crippen LogP contribution in [-0.2, 0) is 11.3 Å². The summed E-state index contributed by atoms with van der Waals surface area (Å²) in [5, 5.41) is 2.87. The van der Waals surface area contributed by atoms with E-state index < -0.39 is 5.82 Å². The molecule has 0 aliphatic rings. The maximum absolute atomic E-state index is 13.0. The van der Waals surface area contributed by atoms with Crippen molar-refractivity contribution < 1.29 is 9.18 Å². The monoisotopic (exact) mass is 300 g/mol. The van der Waals surface area contributed by atoms with Crippen molar-refractivity contribution in [2.24, 2.45) is 17.6 Å². The highest BCUT2D eigenvalue weighted by Crippen LogP contribution is 2.16. The van der Waals surface area contributed by atoms with E-state index in [1.807, 2.05) is 0 Å². The predicted molar refractivity (Wildman–Crippen MR) is 79.9 cm³/mol. The van der Waals surface area contributed by atoms with Crippen molar-refractivity contribution in [1.29, 1.82) is 0 Å². The van der Waals surface area contributed by atoms with Crippen LogP contribution in [0.3, 0.4) is 0 Å². The summed E-state index contributed by atoms with van der Waals surface area (Å²) in [4.78, 5) is 11.8. The Morgan fingerprint density at radius 1 is 1.45 bits per heavy atom. The molecule has 3 nitrogen and oxygen atoms in total. The minimum atomic E-state index is -0.457. The molecule has 20 heavy (non-hydrogen) atoms. The average molecular weight is 301 g/mol. The Balaban J connectivity index is 2.44. The van der Waals surface area contributed by atoms with E-state index >= 15 is 0 Å². The lowest BCUT2D eigenvalue weighted by molar-refractivity contribution is -0.122. The third-order valence-electron chi connectivity index (χ3n) is 3.09. The maximum atomic E-state index is 13.0. The van der Waals surface area contributed by atoms with Crippen LogP contribution in [0.15, 0.2) is 18.2 Å². The van der Waals surface area contributed by atoms with Crippen molar-refractivity contribution in [3.8, 4) is 0 Å². The molecule has 1 aromatic carbocycles. The Morgan fingerprint density at radius 2 is 2.15 bits per heavy atom. The number of carbonyl (C=O) groups is 1. The third-order valence-corrected chi connectivity index (χ3v) is 3.38. The lowest BCUT2D eigenvalue weighted by Crippen LogP contribution is -2.28. The van der Waals surface area contributed by atoms with Gasteiger partial charge in [-0.05, 0) is 42.5 Å². The van der Waals surface area contributed by atoms with E-state index in [1.54, 1.807) is 6.07 Å². The lowest BCUT2D eigenvalue weighted by Gasteiger charge is -2.16. The molecule has 0 spiro atoms. The zero-order valence-corrected chi connectivity index (χ0v) is 12.7. The number of nitrogens with one attached hydrogen (secondary N) is 1. The highest BCUT2D eigenvalue weighted by atomic mass is 35.5. The molecule has 1 rings (SSSR count). The number of hydrogen-bond donors (Lipinski definition) is 2. The second kappa shape index (κ2) is 8.22. The number of rotatable bonds is 7. The first-order valence-electron chi connectivity index (χ1n) is 6.83. The van der Waals surface area contributed by atoms with E-state index in [0.717, 1.165) is 12.0 Å². The van der Waals surface area contributed by atoms with Crippen LogP contribution in [0, 0.1) is 17.7 Å². The molecule has 0 fully saturated rings. The van der Waals surface area contributed by atoms with Crippen LogP contribution < -0.4 is 11.1 Å². The van der Waals surface area contributed by atoms with E-state index in [0.29, 0.717) is 25.4 Å². The molecule has 5 heteroatoms. The smallest absolute Gasteiger partial charge is 0.220 e. The van der Waals surface area contributed by atoms with E-state index in [1.165, 1.54) is 12.1 Å². The summed E-state index contributed by atoms with van der Waals surface area (Å²) in [6.45, 7) is 5.08. The minimum absolute atomic E-state index is 0.0402. The maximum Gasteiger partial charge on any atom is 0.220 e. The van der Waals surface area contributed by atoms with E-state index in [-0.39, 0.29) is 16.8 Å². The first-order chi connectivity index (χ1) is 9.42. The van der Waals surface area contributed by atoms with Crippen LogP contribution in [-0.4, -0.2) is 12.5 Å². The molecule has 3 N–H and O–H groups in total. The van der Waals surface area contributed by atoms with Gasteiger partial charge >= 0.3 is 0 Å². The van der Waals surface area contributed by atoms with Crippen LogP contribution >= 0.6 is 11.6 Å². The van der Waals surface area contributed by atoms with Gasteiger partial charge < -0.3 is 11.1 Å². The first-order valence-corrected chi connectivity index (χ1v) is 7.20. The lowest BCUT2D eigenvalue weighted by atomic mass is 9.94.